The van der Waals surface area contributed by atoms with Gasteiger partial charge in [-0.2, -0.15) is 13.2 Å². The monoisotopic (exact) mass is 550 g/mol. The van der Waals surface area contributed by atoms with Gasteiger partial charge in [0.15, 0.2) is 0 Å². The van der Waals surface area contributed by atoms with Crippen molar-refractivity contribution in [2.75, 3.05) is 29.4 Å². The van der Waals surface area contributed by atoms with Crippen molar-refractivity contribution in [3.05, 3.63) is 78.0 Å². The van der Waals surface area contributed by atoms with Gasteiger partial charge in [-0.15, -0.1) is 0 Å². The van der Waals surface area contributed by atoms with Crippen molar-refractivity contribution in [2.24, 2.45) is 5.92 Å². The van der Waals surface area contributed by atoms with Crippen molar-refractivity contribution in [1.29, 1.82) is 0 Å². The van der Waals surface area contributed by atoms with E-state index in [4.69, 9.17) is 4.98 Å². The number of aliphatic hydroxyl groups excluding tert-OH is 1. The van der Waals surface area contributed by atoms with Crippen LogP contribution in [0.4, 0.5) is 24.7 Å². The quantitative estimate of drug-likeness (QED) is 0.392. The van der Waals surface area contributed by atoms with Crippen molar-refractivity contribution < 1.29 is 18.3 Å². The average Bonchev–Trinajstić information content (AvgIpc) is 3.13. The molecule has 8 heteroatoms. The predicted octanol–water partition coefficient (Wildman–Crippen LogP) is 6.44. The van der Waals surface area contributed by atoms with Gasteiger partial charge in [-0.3, -0.25) is 0 Å². The Kier molecular flexibility index (Phi) is 7.48. The molecule has 1 aliphatic carbocycles. The van der Waals surface area contributed by atoms with E-state index in [1.54, 1.807) is 19.1 Å². The maximum atomic E-state index is 13.1. The number of nitrogens with zero attached hydrogens (tertiary/aromatic N) is 3. The second kappa shape index (κ2) is 11.1. The van der Waals surface area contributed by atoms with Gasteiger partial charge >= 0.3 is 6.18 Å². The van der Waals surface area contributed by atoms with Gasteiger partial charge in [0.05, 0.1) is 11.7 Å². The van der Waals surface area contributed by atoms with Crippen molar-refractivity contribution in [3.63, 3.8) is 0 Å². The molecule has 1 aromatic heterocycles. The lowest BCUT2D eigenvalue weighted by molar-refractivity contribution is -0.137. The Bertz CT molecular complexity index is 1310. The molecule has 2 saturated heterocycles. The smallest absolute Gasteiger partial charge is 0.389 e. The van der Waals surface area contributed by atoms with Crippen LogP contribution in [-0.4, -0.2) is 47.9 Å². The lowest BCUT2D eigenvalue weighted by Crippen LogP contribution is -2.56. The third-order valence-electron chi connectivity index (χ3n) is 9.05. The van der Waals surface area contributed by atoms with Crippen LogP contribution in [-0.2, 0) is 6.18 Å². The molecule has 2 aliphatic heterocycles. The molecule has 5 atom stereocenters. The van der Waals surface area contributed by atoms with Gasteiger partial charge in [0, 0.05) is 55.6 Å². The van der Waals surface area contributed by atoms with Gasteiger partial charge in [0.2, 0.25) is 0 Å². The Balaban J connectivity index is 1.30. The van der Waals surface area contributed by atoms with Crippen LogP contribution >= 0.6 is 0 Å². The summed E-state index contributed by atoms with van der Waals surface area (Å²) in [5.41, 5.74) is 3.26. The summed E-state index contributed by atoms with van der Waals surface area (Å²) in [6.07, 6.45) is 2.62. The normalized spacial score (nSPS) is 26.0. The second-order valence-corrected chi connectivity index (χ2v) is 11.6. The first-order valence-electron chi connectivity index (χ1n) is 14.5. The number of hydrogen-bond donors (Lipinski definition) is 2. The van der Waals surface area contributed by atoms with Crippen LogP contribution in [0.25, 0.3) is 11.1 Å². The van der Waals surface area contributed by atoms with E-state index < -0.39 is 17.8 Å². The first-order valence-corrected chi connectivity index (χ1v) is 14.5. The van der Waals surface area contributed by atoms with Crippen molar-refractivity contribution in [2.45, 2.75) is 69.4 Å². The van der Waals surface area contributed by atoms with E-state index in [2.05, 4.69) is 27.2 Å². The summed E-state index contributed by atoms with van der Waals surface area (Å²) in [6.45, 7) is 4.24. The minimum atomic E-state index is -4.33. The minimum absolute atomic E-state index is 0.290. The maximum absolute atomic E-state index is 13.1. The highest BCUT2D eigenvalue weighted by molar-refractivity contribution is 5.68. The molecular weight excluding hydrogens is 513 g/mol. The molecule has 3 aliphatic rings. The third-order valence-corrected chi connectivity index (χ3v) is 9.05. The van der Waals surface area contributed by atoms with E-state index in [1.807, 2.05) is 30.5 Å². The van der Waals surface area contributed by atoms with E-state index in [9.17, 15) is 18.3 Å². The van der Waals surface area contributed by atoms with Crippen LogP contribution < -0.4 is 15.1 Å². The Hall–Kier alpha value is -3.10. The van der Waals surface area contributed by atoms with Gasteiger partial charge in [-0.1, -0.05) is 31.0 Å². The molecule has 0 bridgehead atoms. The summed E-state index contributed by atoms with van der Waals surface area (Å²) in [6, 6.07) is 18.9. The first-order chi connectivity index (χ1) is 19.3. The summed E-state index contributed by atoms with van der Waals surface area (Å²) in [5.74, 6) is 1.30. The molecule has 2 aromatic carbocycles. The number of piperidine rings is 1. The zero-order valence-electron chi connectivity index (χ0n) is 22.8. The molecule has 2 N–H and O–H groups in total. The second-order valence-electron chi connectivity index (χ2n) is 11.6. The standard InChI is InChI=1S/C32H37F3N4O/c1-21(40)22-5-4-6-23(17-22)24-13-15-36-31(18-24)39-29-14-16-38(27-11-9-26(10-12-27)32(33,34)35)20-25(29)19-37-28-7-2-3-8-30(28)39/h4-6,9-13,15,17-18,21,25,28-30,37,40H,2-3,7-8,14,16,19-20H2,1H3. The SMILES string of the molecule is CC(O)c1cccc(-c2ccnc(N3C4CCN(c5ccc(C(F)(F)F)cc5)CC4CNC4CCCCC43)c2)c1. The van der Waals surface area contributed by atoms with E-state index in [-0.39, 0.29) is 6.04 Å². The number of halogens is 3. The molecule has 6 rings (SSSR count). The summed E-state index contributed by atoms with van der Waals surface area (Å²) in [7, 11) is 0. The van der Waals surface area contributed by atoms with Crippen molar-refractivity contribution >= 4 is 11.5 Å². The van der Waals surface area contributed by atoms with Crippen molar-refractivity contribution in [1.82, 2.24) is 10.3 Å². The Morgan fingerprint density at radius 1 is 0.950 bits per heavy atom. The Morgan fingerprint density at radius 3 is 2.50 bits per heavy atom. The van der Waals surface area contributed by atoms with Gasteiger partial charge in [-0.05, 0) is 85.3 Å². The number of anilines is 2. The van der Waals surface area contributed by atoms with Gasteiger partial charge in [0.25, 0.3) is 0 Å². The number of alkyl halides is 3. The highest BCUT2D eigenvalue weighted by Gasteiger charge is 2.43. The fourth-order valence-electron chi connectivity index (χ4n) is 6.97. The van der Waals surface area contributed by atoms with E-state index in [0.29, 0.717) is 18.0 Å². The number of fused-ring (bicyclic) bond motifs is 2. The minimum Gasteiger partial charge on any atom is -0.389 e. The van der Waals surface area contributed by atoms with E-state index in [1.165, 1.54) is 25.0 Å². The first kappa shape index (κ1) is 27.1. The Morgan fingerprint density at radius 2 is 1.73 bits per heavy atom. The molecule has 212 valence electrons. The van der Waals surface area contributed by atoms with Crippen molar-refractivity contribution in [3.8, 4) is 11.1 Å². The molecule has 5 unspecified atom stereocenters. The highest BCUT2D eigenvalue weighted by Crippen LogP contribution is 2.39. The number of aromatic nitrogens is 1. The molecule has 3 heterocycles. The van der Waals surface area contributed by atoms with Gasteiger partial charge in [-0.25, -0.2) is 4.98 Å². The number of nitrogens with one attached hydrogen (secondary N) is 1. The highest BCUT2D eigenvalue weighted by atomic mass is 19.4. The molecule has 40 heavy (non-hydrogen) atoms. The average molecular weight is 551 g/mol. The van der Waals surface area contributed by atoms with E-state index in [0.717, 1.165) is 67.1 Å². The summed E-state index contributed by atoms with van der Waals surface area (Å²) in [5, 5.41) is 14.0. The molecule has 3 fully saturated rings. The molecule has 0 radical (unpaired) electrons. The molecular formula is C32H37F3N4O. The molecule has 0 spiro atoms. The number of pyridine rings is 1. The van der Waals surface area contributed by atoms with Crippen LogP contribution in [0.15, 0.2) is 66.9 Å². The van der Waals surface area contributed by atoms with E-state index >= 15 is 0 Å². The lowest BCUT2D eigenvalue weighted by atomic mass is 9.86. The van der Waals surface area contributed by atoms with Gasteiger partial charge < -0.3 is 20.2 Å². The molecule has 5 nitrogen and oxygen atoms in total. The third kappa shape index (κ3) is 5.44. The number of rotatable bonds is 4. The zero-order chi connectivity index (χ0) is 27.9. The van der Waals surface area contributed by atoms with Crippen LogP contribution in [0.3, 0.4) is 0 Å². The zero-order valence-corrected chi connectivity index (χ0v) is 22.8. The molecule has 0 amide bonds. The topological polar surface area (TPSA) is 51.6 Å². The van der Waals surface area contributed by atoms with Crippen LogP contribution in [0.5, 0.6) is 0 Å². The number of benzene rings is 2. The summed E-state index contributed by atoms with van der Waals surface area (Å²) < 4.78 is 39.4. The summed E-state index contributed by atoms with van der Waals surface area (Å²) in [4.78, 5) is 9.73. The molecule has 1 saturated carbocycles. The number of aliphatic hydroxyl groups is 1. The fraction of sp³-hybridized carbons (Fsp3) is 0.469. The largest absolute Gasteiger partial charge is 0.416 e. The summed E-state index contributed by atoms with van der Waals surface area (Å²) >= 11 is 0. The Labute approximate surface area is 234 Å². The predicted molar refractivity (Wildman–Crippen MR) is 152 cm³/mol. The fourth-order valence-corrected chi connectivity index (χ4v) is 6.97. The number of hydrogen-bond acceptors (Lipinski definition) is 5. The van der Waals surface area contributed by atoms with Crippen LogP contribution in [0, 0.1) is 5.92 Å². The lowest BCUT2D eigenvalue weighted by Gasteiger charge is -2.47. The van der Waals surface area contributed by atoms with Gasteiger partial charge in [0.1, 0.15) is 5.82 Å². The maximum Gasteiger partial charge on any atom is 0.416 e. The molecule has 3 aromatic rings. The van der Waals surface area contributed by atoms with Crippen LogP contribution in [0.2, 0.25) is 0 Å². The van der Waals surface area contributed by atoms with Crippen LogP contribution in [0.1, 0.15) is 56.3 Å².